The molecule has 0 atom stereocenters. The Hall–Kier alpha value is -3.36. The lowest BCUT2D eigenvalue weighted by Gasteiger charge is -2.27. The summed E-state index contributed by atoms with van der Waals surface area (Å²) >= 11 is 6.15. The van der Waals surface area contributed by atoms with E-state index in [-0.39, 0.29) is 10.6 Å². The zero-order valence-electron chi connectivity index (χ0n) is 17.9. The minimum atomic E-state index is -4.45. The Balaban J connectivity index is 1.30. The molecule has 0 radical (unpaired) electrons. The minimum Gasteiger partial charge on any atom is -0.460 e. The van der Waals surface area contributed by atoms with E-state index in [4.69, 9.17) is 26.7 Å². The fourth-order valence-corrected chi connectivity index (χ4v) is 4.21. The maximum absolute atomic E-state index is 13.1. The van der Waals surface area contributed by atoms with Gasteiger partial charge in [0.05, 0.1) is 22.8 Å². The smallest absolute Gasteiger partial charge is 0.416 e. The van der Waals surface area contributed by atoms with E-state index < -0.39 is 11.7 Å². The number of nitrogens with two attached hydrogens (primary N) is 1. The molecule has 0 bridgehead atoms. The first-order chi connectivity index (χ1) is 16.3. The molecule has 2 aromatic carbocycles. The van der Waals surface area contributed by atoms with Crippen molar-refractivity contribution in [3.05, 3.63) is 88.4 Å². The molecule has 5 nitrogen and oxygen atoms in total. The minimum absolute atomic E-state index is 0.204. The monoisotopic (exact) mass is 484 g/mol. The van der Waals surface area contributed by atoms with Crippen molar-refractivity contribution >= 4 is 17.3 Å². The van der Waals surface area contributed by atoms with Gasteiger partial charge in [0.2, 0.25) is 0 Å². The third-order valence-electron chi connectivity index (χ3n) is 5.78. The maximum Gasteiger partial charge on any atom is 0.416 e. The summed E-state index contributed by atoms with van der Waals surface area (Å²) in [5, 5.41) is 0.204. The van der Waals surface area contributed by atoms with Crippen LogP contribution in [0, 0.1) is 0 Å². The lowest BCUT2D eigenvalue weighted by Crippen LogP contribution is -2.30. The van der Waals surface area contributed by atoms with Gasteiger partial charge in [-0.25, -0.2) is 9.97 Å². The van der Waals surface area contributed by atoms with Crippen LogP contribution in [-0.4, -0.2) is 21.4 Å². The summed E-state index contributed by atoms with van der Waals surface area (Å²) in [6.07, 6.45) is -1.85. The Morgan fingerprint density at radius 1 is 1.06 bits per heavy atom. The molecule has 0 saturated carbocycles. The van der Waals surface area contributed by atoms with Crippen molar-refractivity contribution in [1.29, 1.82) is 0 Å². The molecule has 0 amide bonds. The summed E-state index contributed by atoms with van der Waals surface area (Å²) < 4.78 is 45.1. The van der Waals surface area contributed by atoms with Gasteiger partial charge in [-0.2, -0.15) is 13.2 Å². The number of benzene rings is 2. The predicted octanol–water partition coefficient (Wildman–Crippen LogP) is 6.22. The molecule has 9 heteroatoms. The number of nitrogen functional groups attached to an aromatic ring is 1. The van der Waals surface area contributed by atoms with Gasteiger partial charge in [0, 0.05) is 48.1 Å². The van der Waals surface area contributed by atoms with Gasteiger partial charge in [-0.05, 0) is 54.6 Å². The third-order valence-corrected chi connectivity index (χ3v) is 6.11. The highest BCUT2D eigenvalue weighted by Crippen LogP contribution is 2.36. The second-order valence-corrected chi connectivity index (χ2v) is 8.61. The molecular weight excluding hydrogens is 465 g/mol. The van der Waals surface area contributed by atoms with Gasteiger partial charge in [-0.15, -0.1) is 0 Å². The number of anilines is 1. The summed E-state index contributed by atoms with van der Waals surface area (Å²) in [7, 11) is 0. The van der Waals surface area contributed by atoms with Crippen LogP contribution in [0.2, 0.25) is 5.02 Å². The number of hydrogen-bond acceptors (Lipinski definition) is 5. The average molecular weight is 485 g/mol. The quantitative estimate of drug-likeness (QED) is 0.348. The van der Waals surface area contributed by atoms with Crippen molar-refractivity contribution in [1.82, 2.24) is 14.9 Å². The van der Waals surface area contributed by atoms with Crippen molar-refractivity contribution in [2.45, 2.75) is 25.7 Å². The van der Waals surface area contributed by atoms with Crippen LogP contribution in [0.4, 0.5) is 18.9 Å². The number of hydrogen-bond donors (Lipinski definition) is 1. The third kappa shape index (κ3) is 4.64. The van der Waals surface area contributed by atoms with Crippen molar-refractivity contribution in [2.24, 2.45) is 0 Å². The second kappa shape index (κ2) is 8.77. The molecule has 3 heterocycles. The van der Waals surface area contributed by atoms with Crippen molar-refractivity contribution in [3.8, 4) is 22.7 Å². The van der Waals surface area contributed by atoms with E-state index in [1.807, 2.05) is 30.5 Å². The molecule has 0 fully saturated rings. The van der Waals surface area contributed by atoms with Crippen molar-refractivity contribution in [3.63, 3.8) is 0 Å². The number of rotatable bonds is 4. The molecule has 0 aliphatic carbocycles. The SMILES string of the molecule is Nc1ccc(-c2ncc3c(n2)CCN(Cc2ccc(-c4cc(C(F)(F)F)ccc4Cl)o2)C3)cc1. The van der Waals surface area contributed by atoms with Crippen LogP contribution in [0.5, 0.6) is 0 Å². The molecule has 5 rings (SSSR count). The molecule has 2 aromatic heterocycles. The summed E-state index contributed by atoms with van der Waals surface area (Å²) in [5.41, 5.74) is 8.85. The van der Waals surface area contributed by atoms with E-state index in [2.05, 4.69) is 9.88 Å². The molecule has 34 heavy (non-hydrogen) atoms. The molecule has 0 unspecified atom stereocenters. The number of halogens is 4. The Kier molecular flexibility index (Phi) is 5.79. The number of aromatic nitrogens is 2. The van der Waals surface area contributed by atoms with E-state index >= 15 is 0 Å². The van der Waals surface area contributed by atoms with E-state index in [1.165, 1.54) is 6.07 Å². The van der Waals surface area contributed by atoms with E-state index in [0.717, 1.165) is 41.9 Å². The maximum atomic E-state index is 13.1. The summed E-state index contributed by atoms with van der Waals surface area (Å²) in [6.45, 7) is 1.93. The second-order valence-electron chi connectivity index (χ2n) is 8.21. The van der Waals surface area contributed by atoms with Gasteiger partial charge >= 0.3 is 6.18 Å². The van der Waals surface area contributed by atoms with Crippen LogP contribution >= 0.6 is 11.6 Å². The van der Waals surface area contributed by atoms with Crippen molar-refractivity contribution in [2.75, 3.05) is 12.3 Å². The van der Waals surface area contributed by atoms with Gasteiger partial charge in [-0.3, -0.25) is 4.90 Å². The summed E-state index contributed by atoms with van der Waals surface area (Å²) in [4.78, 5) is 11.4. The fourth-order valence-electron chi connectivity index (χ4n) is 4.00. The number of nitrogens with zero attached hydrogens (tertiary/aromatic N) is 3. The van der Waals surface area contributed by atoms with Crippen LogP contribution < -0.4 is 5.73 Å². The molecule has 0 saturated heterocycles. The van der Waals surface area contributed by atoms with Crippen LogP contribution in [-0.2, 0) is 25.7 Å². The standard InChI is InChI=1S/C25H20ClF3N4O/c26-21-7-3-17(25(27,28)29)11-20(21)23-8-6-19(34-23)14-33-10-9-22-16(13-33)12-31-24(32-22)15-1-4-18(30)5-2-15/h1-8,11-12H,9-10,13-14,30H2. The van der Waals surface area contributed by atoms with Gasteiger partial charge in [0.15, 0.2) is 5.82 Å². The Morgan fingerprint density at radius 2 is 1.85 bits per heavy atom. The van der Waals surface area contributed by atoms with E-state index in [1.54, 1.807) is 12.1 Å². The Bertz CT molecular complexity index is 1330. The zero-order chi connectivity index (χ0) is 23.9. The summed E-state index contributed by atoms with van der Waals surface area (Å²) in [6, 6.07) is 14.1. The highest BCUT2D eigenvalue weighted by Gasteiger charge is 2.31. The number of furan rings is 1. The largest absolute Gasteiger partial charge is 0.460 e. The fraction of sp³-hybridized carbons (Fsp3) is 0.200. The highest BCUT2D eigenvalue weighted by atomic mass is 35.5. The predicted molar refractivity (Wildman–Crippen MR) is 124 cm³/mol. The van der Waals surface area contributed by atoms with Gasteiger partial charge in [0.25, 0.3) is 0 Å². The lowest BCUT2D eigenvalue weighted by atomic mass is 10.1. The Morgan fingerprint density at radius 3 is 2.62 bits per heavy atom. The molecule has 0 spiro atoms. The van der Waals surface area contributed by atoms with Crippen LogP contribution in [0.15, 0.2) is 65.2 Å². The normalized spacial score (nSPS) is 14.2. The van der Waals surface area contributed by atoms with Gasteiger partial charge in [-0.1, -0.05) is 11.6 Å². The molecule has 1 aliphatic heterocycles. The molecule has 1 aliphatic rings. The van der Waals surface area contributed by atoms with E-state index in [9.17, 15) is 13.2 Å². The molecular formula is C25H20ClF3N4O. The van der Waals surface area contributed by atoms with Gasteiger partial charge in [0.1, 0.15) is 11.5 Å². The number of fused-ring (bicyclic) bond motifs is 1. The molecule has 4 aromatic rings. The topological polar surface area (TPSA) is 68.2 Å². The van der Waals surface area contributed by atoms with Gasteiger partial charge < -0.3 is 10.2 Å². The van der Waals surface area contributed by atoms with Crippen LogP contribution in [0.3, 0.4) is 0 Å². The first kappa shape index (κ1) is 22.4. The zero-order valence-corrected chi connectivity index (χ0v) is 18.7. The number of alkyl halides is 3. The van der Waals surface area contributed by atoms with Crippen molar-refractivity contribution < 1.29 is 17.6 Å². The first-order valence-electron chi connectivity index (χ1n) is 10.6. The average Bonchev–Trinajstić information content (AvgIpc) is 3.27. The highest BCUT2D eigenvalue weighted by molar-refractivity contribution is 6.33. The van der Waals surface area contributed by atoms with Crippen LogP contribution in [0.1, 0.15) is 22.6 Å². The lowest BCUT2D eigenvalue weighted by molar-refractivity contribution is -0.137. The van der Waals surface area contributed by atoms with E-state index in [0.29, 0.717) is 36.1 Å². The molecule has 174 valence electrons. The Labute approximate surface area is 199 Å². The summed E-state index contributed by atoms with van der Waals surface area (Å²) in [5.74, 6) is 1.62. The van der Waals surface area contributed by atoms with Crippen LogP contribution in [0.25, 0.3) is 22.7 Å². The molecule has 2 N–H and O–H groups in total. The first-order valence-corrected chi connectivity index (χ1v) is 11.0.